The van der Waals surface area contributed by atoms with Crippen LogP contribution in [0.4, 0.5) is 0 Å². The topological polar surface area (TPSA) is 37.2 Å². The van der Waals surface area contributed by atoms with Crippen LogP contribution in [-0.4, -0.2) is 30.7 Å². The summed E-state index contributed by atoms with van der Waals surface area (Å²) >= 11 is 0. The highest BCUT2D eigenvalue weighted by Gasteiger charge is 2.45. The number of aliphatic hydroxyl groups is 1. The smallest absolute Gasteiger partial charge is 0.169 e. The summed E-state index contributed by atoms with van der Waals surface area (Å²) in [5.74, 6) is 0. The SMILES string of the molecule is CC(C)[Si](C(C)C)(C(C)C)n1ccc2cc(C3(O)CCNCC3)ccc21. The zero-order chi connectivity index (χ0) is 19.1. The molecule has 1 saturated heterocycles. The van der Waals surface area contributed by atoms with Crippen LogP contribution < -0.4 is 5.32 Å². The van der Waals surface area contributed by atoms with Gasteiger partial charge in [-0.15, -0.1) is 0 Å². The summed E-state index contributed by atoms with van der Waals surface area (Å²) in [7, 11) is -1.75. The minimum Gasteiger partial charge on any atom is -0.385 e. The summed E-state index contributed by atoms with van der Waals surface area (Å²) in [6, 6.07) is 8.93. The molecule has 0 radical (unpaired) electrons. The zero-order valence-electron chi connectivity index (χ0n) is 17.3. The van der Waals surface area contributed by atoms with Crippen LogP contribution in [0.15, 0.2) is 30.5 Å². The Morgan fingerprint density at radius 1 is 0.962 bits per heavy atom. The van der Waals surface area contributed by atoms with E-state index >= 15 is 0 Å². The number of aromatic nitrogens is 1. The molecular formula is C22H36N2OSi. The molecule has 144 valence electrons. The van der Waals surface area contributed by atoms with E-state index in [0.29, 0.717) is 16.6 Å². The normalized spacial score (nSPS) is 18.4. The van der Waals surface area contributed by atoms with Gasteiger partial charge in [-0.1, -0.05) is 47.6 Å². The predicted octanol–water partition coefficient (Wildman–Crippen LogP) is 5.24. The van der Waals surface area contributed by atoms with Crippen LogP contribution >= 0.6 is 0 Å². The molecule has 3 nitrogen and oxygen atoms in total. The second kappa shape index (κ2) is 7.14. The Hall–Kier alpha value is -1.10. The molecule has 0 aliphatic carbocycles. The molecule has 1 aliphatic rings. The fourth-order valence-electron chi connectivity index (χ4n) is 5.73. The van der Waals surface area contributed by atoms with Crippen molar-refractivity contribution in [1.29, 1.82) is 0 Å². The molecule has 1 aromatic heterocycles. The van der Waals surface area contributed by atoms with Crippen molar-refractivity contribution in [2.45, 2.75) is 76.6 Å². The number of hydrogen-bond donors (Lipinski definition) is 2. The van der Waals surface area contributed by atoms with Gasteiger partial charge >= 0.3 is 0 Å². The molecule has 0 unspecified atom stereocenters. The summed E-state index contributed by atoms with van der Waals surface area (Å²) in [6.07, 6.45) is 3.91. The van der Waals surface area contributed by atoms with E-state index in [1.807, 2.05) is 0 Å². The lowest BCUT2D eigenvalue weighted by Crippen LogP contribution is -2.51. The van der Waals surface area contributed by atoms with Crippen LogP contribution in [-0.2, 0) is 5.60 Å². The van der Waals surface area contributed by atoms with Crippen molar-refractivity contribution in [1.82, 2.24) is 9.55 Å². The van der Waals surface area contributed by atoms with Crippen LogP contribution in [0.5, 0.6) is 0 Å². The van der Waals surface area contributed by atoms with Crippen LogP contribution in [0.25, 0.3) is 10.9 Å². The number of piperidine rings is 1. The predicted molar refractivity (Wildman–Crippen MR) is 114 cm³/mol. The summed E-state index contributed by atoms with van der Waals surface area (Å²) in [6.45, 7) is 16.2. The minimum atomic E-state index is -1.75. The molecule has 0 amide bonds. The van der Waals surface area contributed by atoms with E-state index in [1.54, 1.807) is 0 Å². The third-order valence-corrected chi connectivity index (χ3v) is 13.6. The molecule has 2 aromatic rings. The molecule has 2 N–H and O–H groups in total. The third-order valence-electron chi connectivity index (χ3n) is 6.85. The number of benzene rings is 1. The second-order valence-corrected chi connectivity index (χ2v) is 14.8. The van der Waals surface area contributed by atoms with Gasteiger partial charge in [0.25, 0.3) is 0 Å². The van der Waals surface area contributed by atoms with Crippen LogP contribution in [0.1, 0.15) is 59.9 Å². The van der Waals surface area contributed by atoms with Gasteiger partial charge in [-0.3, -0.25) is 0 Å². The maximum atomic E-state index is 11.1. The monoisotopic (exact) mass is 372 g/mol. The van der Waals surface area contributed by atoms with Crippen LogP contribution in [0.3, 0.4) is 0 Å². The maximum absolute atomic E-state index is 11.1. The average molecular weight is 373 g/mol. The van der Waals surface area contributed by atoms with E-state index < -0.39 is 13.8 Å². The van der Waals surface area contributed by atoms with Gasteiger partial charge in [-0.05, 0) is 77.9 Å². The molecule has 1 aliphatic heterocycles. The van der Waals surface area contributed by atoms with Crippen molar-refractivity contribution in [2.24, 2.45) is 0 Å². The Balaban J connectivity index is 2.12. The maximum Gasteiger partial charge on any atom is 0.169 e. The third kappa shape index (κ3) is 2.96. The Bertz CT molecular complexity index is 735. The first-order valence-electron chi connectivity index (χ1n) is 10.3. The quantitative estimate of drug-likeness (QED) is 0.705. The number of nitrogens with zero attached hydrogens (tertiary/aromatic N) is 1. The van der Waals surface area contributed by atoms with E-state index in [9.17, 15) is 5.11 Å². The van der Waals surface area contributed by atoms with E-state index in [4.69, 9.17) is 0 Å². The van der Waals surface area contributed by atoms with Crippen LogP contribution in [0, 0.1) is 0 Å². The fourth-order valence-corrected chi connectivity index (χ4v) is 12.4. The molecule has 4 heteroatoms. The number of fused-ring (bicyclic) bond motifs is 1. The van der Waals surface area contributed by atoms with E-state index in [-0.39, 0.29) is 0 Å². The van der Waals surface area contributed by atoms with Crippen molar-refractivity contribution < 1.29 is 5.11 Å². The average Bonchev–Trinajstić information content (AvgIpc) is 2.99. The first-order chi connectivity index (χ1) is 12.2. The standard InChI is InChI=1S/C22H36N2OSi/c1-16(2)26(17(3)4,18(5)6)24-14-9-19-15-20(7-8-21(19)24)22(25)10-12-23-13-11-22/h7-9,14-18,23,25H,10-13H2,1-6H3. The molecular weight excluding hydrogens is 336 g/mol. The lowest BCUT2D eigenvalue weighted by molar-refractivity contribution is 0.00606. The molecule has 0 atom stereocenters. The van der Waals surface area contributed by atoms with Gasteiger partial charge in [0.2, 0.25) is 0 Å². The number of rotatable bonds is 5. The van der Waals surface area contributed by atoms with Crippen molar-refractivity contribution in [3.05, 3.63) is 36.0 Å². The lowest BCUT2D eigenvalue weighted by atomic mass is 9.85. The van der Waals surface area contributed by atoms with Crippen molar-refractivity contribution in [2.75, 3.05) is 13.1 Å². The highest BCUT2D eigenvalue weighted by molar-refractivity contribution is 6.82. The van der Waals surface area contributed by atoms with Gasteiger partial charge in [0.1, 0.15) is 0 Å². The van der Waals surface area contributed by atoms with Crippen molar-refractivity contribution in [3.8, 4) is 0 Å². The second-order valence-electron chi connectivity index (χ2n) is 9.09. The van der Waals surface area contributed by atoms with Gasteiger partial charge in [-0.2, -0.15) is 0 Å². The molecule has 2 heterocycles. The summed E-state index contributed by atoms with van der Waals surface area (Å²) in [5, 5.41) is 15.7. The molecule has 1 fully saturated rings. The number of nitrogens with one attached hydrogen (secondary N) is 1. The van der Waals surface area contributed by atoms with Crippen LogP contribution in [0.2, 0.25) is 16.6 Å². The van der Waals surface area contributed by atoms with Gasteiger partial charge in [-0.25, -0.2) is 0 Å². The molecule has 0 bridgehead atoms. The highest BCUT2D eigenvalue weighted by atomic mass is 28.3. The minimum absolute atomic E-state index is 0.673. The van der Waals surface area contributed by atoms with Gasteiger partial charge in [0.05, 0.1) is 5.60 Å². The number of hydrogen-bond acceptors (Lipinski definition) is 2. The Morgan fingerprint density at radius 3 is 2.08 bits per heavy atom. The molecule has 3 rings (SSSR count). The lowest BCUT2D eigenvalue weighted by Gasteiger charge is -2.44. The summed E-state index contributed by atoms with van der Waals surface area (Å²) in [4.78, 5) is 0. The molecule has 26 heavy (non-hydrogen) atoms. The zero-order valence-corrected chi connectivity index (χ0v) is 18.3. The van der Waals surface area contributed by atoms with Gasteiger partial charge < -0.3 is 14.7 Å². The first kappa shape index (κ1) is 19.7. The van der Waals surface area contributed by atoms with E-state index in [0.717, 1.165) is 31.5 Å². The Morgan fingerprint density at radius 2 is 1.54 bits per heavy atom. The van der Waals surface area contributed by atoms with Gasteiger partial charge in [0.15, 0.2) is 8.24 Å². The Labute approximate surface area is 159 Å². The first-order valence-corrected chi connectivity index (χ1v) is 12.5. The fraction of sp³-hybridized carbons (Fsp3) is 0.636. The highest BCUT2D eigenvalue weighted by Crippen LogP contribution is 2.44. The van der Waals surface area contributed by atoms with E-state index in [2.05, 4.69) is 81.6 Å². The largest absolute Gasteiger partial charge is 0.385 e. The molecule has 0 spiro atoms. The van der Waals surface area contributed by atoms with Crippen molar-refractivity contribution in [3.63, 3.8) is 0 Å². The summed E-state index contributed by atoms with van der Waals surface area (Å²) < 4.78 is 2.65. The van der Waals surface area contributed by atoms with Gasteiger partial charge in [0, 0.05) is 5.52 Å². The molecule has 0 saturated carbocycles. The Kier molecular flexibility index (Phi) is 5.39. The van der Waals surface area contributed by atoms with Crippen molar-refractivity contribution >= 4 is 19.1 Å². The van der Waals surface area contributed by atoms with E-state index in [1.165, 1.54) is 10.9 Å². The summed E-state index contributed by atoms with van der Waals surface area (Å²) in [5.41, 5.74) is 3.76. The molecule has 1 aromatic carbocycles.